The van der Waals surface area contributed by atoms with Gasteiger partial charge in [0, 0.05) is 11.8 Å². The number of carbonyl (C=O) groups is 3. The van der Waals surface area contributed by atoms with Gasteiger partial charge in [0.1, 0.15) is 22.6 Å². The molecule has 3 N–H and O–H groups in total. The number of esters is 1. The molecule has 2 amide bonds. The van der Waals surface area contributed by atoms with Gasteiger partial charge in [-0.05, 0) is 61.4 Å². The number of nitro benzene ring substituents is 1. The minimum absolute atomic E-state index is 0.102. The Morgan fingerprint density at radius 2 is 1.27 bits per heavy atom. The fourth-order valence-electron chi connectivity index (χ4n) is 5.35. The van der Waals surface area contributed by atoms with Crippen LogP contribution in [0.1, 0.15) is 51.3 Å². The Hall–Kier alpha value is -4.65. The third kappa shape index (κ3) is 10.7. The average molecular weight is 729 g/mol. The lowest BCUT2D eigenvalue weighted by Gasteiger charge is -2.36. The highest BCUT2D eigenvalue weighted by atomic mass is 32.2. The smallest absolute Gasteiger partial charge is 0.329 e. The maximum atomic E-state index is 13.9. The van der Waals surface area contributed by atoms with Gasteiger partial charge in [-0.1, -0.05) is 117 Å². The third-order valence-electron chi connectivity index (χ3n) is 7.76. The molecule has 2 unspecified atom stereocenters. The Morgan fingerprint density at radius 1 is 0.784 bits per heavy atom. The number of amides is 2. The number of nitro groups is 1. The third-order valence-corrected chi connectivity index (χ3v) is 10.4. The van der Waals surface area contributed by atoms with Crippen LogP contribution < -0.4 is 15.4 Å². The molecule has 4 aromatic carbocycles. The number of thioether (sulfide) groups is 1. The van der Waals surface area contributed by atoms with Crippen molar-refractivity contribution >= 4 is 47.2 Å². The predicted molar refractivity (Wildman–Crippen MR) is 203 cm³/mol. The van der Waals surface area contributed by atoms with Crippen molar-refractivity contribution in [1.29, 1.82) is 0 Å². The van der Waals surface area contributed by atoms with Gasteiger partial charge >= 0.3 is 5.97 Å². The van der Waals surface area contributed by atoms with Crippen molar-refractivity contribution in [1.82, 2.24) is 15.4 Å². The molecule has 0 heterocycles. The molecule has 268 valence electrons. The summed E-state index contributed by atoms with van der Waals surface area (Å²) >= 11 is 2.52. The molecule has 4 aromatic rings. The summed E-state index contributed by atoms with van der Waals surface area (Å²) in [4.78, 5) is 51.5. The zero-order valence-electron chi connectivity index (χ0n) is 29.3. The number of hydrogen-bond donors (Lipinski definition) is 3. The van der Waals surface area contributed by atoms with Gasteiger partial charge < -0.3 is 15.4 Å². The summed E-state index contributed by atoms with van der Waals surface area (Å²) in [5, 5.41) is 17.2. The lowest BCUT2D eigenvalue weighted by molar-refractivity contribution is -0.387. The molecule has 0 spiro atoms. The first-order chi connectivity index (χ1) is 24.3. The number of hydrogen-bond acceptors (Lipinski definition) is 9. The van der Waals surface area contributed by atoms with Crippen LogP contribution in [0, 0.1) is 16.0 Å². The number of benzene rings is 4. The van der Waals surface area contributed by atoms with Gasteiger partial charge in [-0.25, -0.2) is 9.52 Å². The SMILES string of the molecule is CC(C)C(NC(=O)CNC(=O)C(CSC(c1ccccc1)(c1ccccc1)c1ccccc1)NSc1ccccc1[N+](=O)[O-])C(=O)OC(C)(C)C. The lowest BCUT2D eigenvalue weighted by atomic mass is 9.84. The molecule has 0 fully saturated rings. The molecule has 0 saturated carbocycles. The maximum Gasteiger partial charge on any atom is 0.329 e. The highest BCUT2D eigenvalue weighted by Gasteiger charge is 2.38. The molecule has 12 heteroatoms. The number of rotatable bonds is 16. The number of para-hydroxylation sites is 1. The van der Waals surface area contributed by atoms with E-state index in [4.69, 9.17) is 4.74 Å². The van der Waals surface area contributed by atoms with E-state index in [1.807, 2.05) is 54.6 Å². The van der Waals surface area contributed by atoms with Crippen LogP contribution in [0.3, 0.4) is 0 Å². The Kier molecular flexibility index (Phi) is 13.8. The predicted octanol–water partition coefficient (Wildman–Crippen LogP) is 6.88. The van der Waals surface area contributed by atoms with Gasteiger partial charge in [0.05, 0.1) is 16.2 Å². The summed E-state index contributed by atoms with van der Waals surface area (Å²) in [6.45, 7) is 8.44. The normalized spacial score (nSPS) is 12.8. The van der Waals surface area contributed by atoms with Crippen molar-refractivity contribution in [2.45, 2.75) is 61.9 Å². The van der Waals surface area contributed by atoms with Crippen LogP contribution in [-0.2, 0) is 23.9 Å². The zero-order chi connectivity index (χ0) is 37.0. The number of ether oxygens (including phenoxy) is 1. The molecule has 2 atom stereocenters. The second-order valence-electron chi connectivity index (χ2n) is 13.1. The van der Waals surface area contributed by atoms with Crippen molar-refractivity contribution in [2.24, 2.45) is 5.92 Å². The molecular formula is C39H44N4O6S2. The first kappa shape index (κ1) is 39.1. The Morgan fingerprint density at radius 3 is 1.75 bits per heavy atom. The highest BCUT2D eigenvalue weighted by Crippen LogP contribution is 2.48. The Balaban J connectivity index is 1.64. The van der Waals surface area contributed by atoms with Crippen LogP contribution >= 0.6 is 23.7 Å². The molecule has 0 aromatic heterocycles. The van der Waals surface area contributed by atoms with E-state index in [0.29, 0.717) is 4.90 Å². The van der Waals surface area contributed by atoms with Gasteiger partial charge in [0.15, 0.2) is 0 Å². The van der Waals surface area contributed by atoms with Crippen LogP contribution in [0.5, 0.6) is 0 Å². The van der Waals surface area contributed by atoms with E-state index in [1.165, 1.54) is 17.8 Å². The van der Waals surface area contributed by atoms with Gasteiger partial charge in [-0.2, -0.15) is 0 Å². The Labute approximate surface area is 307 Å². The largest absolute Gasteiger partial charge is 0.458 e. The molecule has 0 bridgehead atoms. The van der Waals surface area contributed by atoms with Gasteiger partial charge in [0.2, 0.25) is 11.8 Å². The van der Waals surface area contributed by atoms with Crippen LogP contribution in [0.15, 0.2) is 120 Å². The van der Waals surface area contributed by atoms with E-state index >= 15 is 0 Å². The molecule has 4 rings (SSSR count). The molecule has 0 aliphatic heterocycles. The summed E-state index contributed by atoms with van der Waals surface area (Å²) < 4.78 is 7.91. The van der Waals surface area contributed by atoms with Crippen LogP contribution in [0.2, 0.25) is 0 Å². The average Bonchev–Trinajstić information content (AvgIpc) is 3.11. The van der Waals surface area contributed by atoms with Crippen molar-refractivity contribution in [3.8, 4) is 0 Å². The van der Waals surface area contributed by atoms with E-state index in [1.54, 1.807) is 52.8 Å². The minimum Gasteiger partial charge on any atom is -0.458 e. The molecule has 0 aliphatic carbocycles. The standard InChI is InChI=1S/C39H44N4O6S2/c1-27(2)35(37(46)49-38(3,4)5)41-34(44)25-40-36(45)31(42-51-33-24-16-15-23-32(33)43(47)48)26-50-39(28-17-9-6-10-18-28,29-19-11-7-12-20-29)30-21-13-8-14-22-30/h6-24,27,31,35,42H,25-26H2,1-5H3,(H,40,45)(H,41,44). The zero-order valence-corrected chi connectivity index (χ0v) is 31.0. The van der Waals surface area contributed by atoms with Crippen LogP contribution in [0.25, 0.3) is 0 Å². The second kappa shape index (κ2) is 18.0. The Bertz CT molecular complexity index is 1670. The first-order valence-electron chi connectivity index (χ1n) is 16.6. The van der Waals surface area contributed by atoms with Crippen molar-refractivity contribution in [2.75, 3.05) is 12.3 Å². The van der Waals surface area contributed by atoms with Crippen molar-refractivity contribution in [3.63, 3.8) is 0 Å². The van der Waals surface area contributed by atoms with E-state index in [2.05, 4.69) is 51.8 Å². The second-order valence-corrected chi connectivity index (χ2v) is 15.2. The monoisotopic (exact) mass is 728 g/mol. The summed E-state index contributed by atoms with van der Waals surface area (Å²) in [5.41, 5.74) is 2.16. The molecule has 51 heavy (non-hydrogen) atoms. The summed E-state index contributed by atoms with van der Waals surface area (Å²) in [7, 11) is 0. The van der Waals surface area contributed by atoms with E-state index in [-0.39, 0.29) is 17.4 Å². The van der Waals surface area contributed by atoms with Crippen molar-refractivity contribution < 1.29 is 24.0 Å². The van der Waals surface area contributed by atoms with Gasteiger partial charge in [-0.15, -0.1) is 11.8 Å². The van der Waals surface area contributed by atoms with Gasteiger partial charge in [-0.3, -0.25) is 19.7 Å². The summed E-state index contributed by atoms with van der Waals surface area (Å²) in [6, 6.07) is 34.5. The molecule has 0 radical (unpaired) electrons. The lowest BCUT2D eigenvalue weighted by Crippen LogP contribution is -2.52. The van der Waals surface area contributed by atoms with Crippen molar-refractivity contribution in [3.05, 3.63) is 142 Å². The van der Waals surface area contributed by atoms with Crippen LogP contribution in [-0.4, -0.2) is 52.7 Å². The summed E-state index contributed by atoms with van der Waals surface area (Å²) in [6.07, 6.45) is 0. The molecule has 0 aliphatic rings. The topological polar surface area (TPSA) is 140 Å². The quantitative estimate of drug-likeness (QED) is 0.0370. The number of carbonyl (C=O) groups excluding carboxylic acids is 3. The van der Waals surface area contributed by atoms with Crippen LogP contribution in [0.4, 0.5) is 5.69 Å². The highest BCUT2D eigenvalue weighted by molar-refractivity contribution is 8.01. The molecular weight excluding hydrogens is 685 g/mol. The fourth-order valence-corrected chi connectivity index (χ4v) is 7.87. The summed E-state index contributed by atoms with van der Waals surface area (Å²) in [5.74, 6) is -1.67. The molecule has 0 saturated heterocycles. The van der Waals surface area contributed by atoms with E-state index in [0.717, 1.165) is 28.6 Å². The van der Waals surface area contributed by atoms with E-state index < -0.39 is 51.7 Å². The minimum atomic E-state index is -0.921. The fraction of sp³-hybridized carbons (Fsp3) is 0.308. The maximum absolute atomic E-state index is 13.9. The first-order valence-corrected chi connectivity index (χ1v) is 18.4. The van der Waals surface area contributed by atoms with Gasteiger partial charge in [0.25, 0.3) is 5.69 Å². The number of nitrogens with zero attached hydrogens (tertiary/aromatic N) is 1. The molecule has 10 nitrogen and oxygen atoms in total. The number of nitrogens with one attached hydrogen (secondary N) is 3. The van der Waals surface area contributed by atoms with E-state index in [9.17, 15) is 24.5 Å².